The van der Waals surface area contributed by atoms with E-state index in [-0.39, 0.29) is 37.5 Å². The summed E-state index contributed by atoms with van der Waals surface area (Å²) in [5.74, 6) is -0.943. The van der Waals surface area contributed by atoms with Crippen LogP contribution in [0.4, 0.5) is 0 Å². The number of esters is 3. The Morgan fingerprint density at radius 1 is 0.319 bits per heavy atom. The molecule has 0 N–H and O–H groups in total. The summed E-state index contributed by atoms with van der Waals surface area (Å²) in [6.07, 6.45) is 73.3. The Hall–Kier alpha value is -3.15. The topological polar surface area (TPSA) is 78.9 Å². The van der Waals surface area contributed by atoms with E-state index in [9.17, 15) is 14.4 Å². The molecule has 0 aromatic rings. The third-order valence-corrected chi connectivity index (χ3v) is 12.7. The normalized spacial score (nSPS) is 12.6. The SMILES string of the molecule is CC/C=C\C/C=C\C/C=C\C/C=C\CCCCCC(=O)OC(COC(=O)CCCCC/C=C\C=C/CCCCCCCCC)COC(=O)CCCCCCCCCCCCCCCCCCCCC. The summed E-state index contributed by atoms with van der Waals surface area (Å²) in [5, 5.41) is 0. The maximum absolute atomic E-state index is 12.8. The highest BCUT2D eigenvalue weighted by Gasteiger charge is 2.19. The van der Waals surface area contributed by atoms with Crippen LogP contribution in [-0.2, 0) is 28.6 Å². The zero-order valence-corrected chi connectivity index (χ0v) is 45.6. The Balaban J connectivity index is 4.43. The smallest absolute Gasteiger partial charge is 0.306 e. The molecule has 0 aliphatic carbocycles. The maximum Gasteiger partial charge on any atom is 0.306 e. The number of carbonyl (C=O) groups is 3. The van der Waals surface area contributed by atoms with Crippen LogP contribution >= 0.6 is 0 Å². The van der Waals surface area contributed by atoms with E-state index in [1.807, 2.05) is 0 Å². The average molecular weight is 964 g/mol. The van der Waals surface area contributed by atoms with Gasteiger partial charge in [-0.3, -0.25) is 14.4 Å². The molecule has 0 aliphatic heterocycles. The van der Waals surface area contributed by atoms with Crippen molar-refractivity contribution in [2.45, 2.75) is 297 Å². The zero-order valence-electron chi connectivity index (χ0n) is 45.6. The van der Waals surface area contributed by atoms with Crippen molar-refractivity contribution in [2.75, 3.05) is 13.2 Å². The number of ether oxygens (including phenoxy) is 3. The monoisotopic (exact) mass is 963 g/mol. The molecule has 6 heteroatoms. The van der Waals surface area contributed by atoms with E-state index in [0.717, 1.165) is 103 Å². The van der Waals surface area contributed by atoms with E-state index in [1.165, 1.54) is 148 Å². The first-order valence-corrected chi connectivity index (χ1v) is 29.5. The van der Waals surface area contributed by atoms with Crippen LogP contribution in [0.3, 0.4) is 0 Å². The highest BCUT2D eigenvalue weighted by atomic mass is 16.6. The minimum absolute atomic E-state index is 0.0946. The molecule has 0 heterocycles. The van der Waals surface area contributed by atoms with Gasteiger partial charge in [0.15, 0.2) is 6.10 Å². The number of rotatable bonds is 53. The van der Waals surface area contributed by atoms with Gasteiger partial charge < -0.3 is 14.2 Å². The van der Waals surface area contributed by atoms with E-state index in [0.29, 0.717) is 12.8 Å². The second-order valence-electron chi connectivity index (χ2n) is 19.6. The van der Waals surface area contributed by atoms with Crippen molar-refractivity contribution in [2.24, 2.45) is 0 Å². The summed E-state index contributed by atoms with van der Waals surface area (Å²) < 4.78 is 16.8. The van der Waals surface area contributed by atoms with Crippen molar-refractivity contribution in [3.63, 3.8) is 0 Å². The van der Waals surface area contributed by atoms with Gasteiger partial charge in [0.05, 0.1) is 0 Å². The molecule has 0 saturated carbocycles. The molecule has 0 amide bonds. The lowest BCUT2D eigenvalue weighted by molar-refractivity contribution is -0.167. The van der Waals surface area contributed by atoms with Crippen molar-refractivity contribution in [3.8, 4) is 0 Å². The molecule has 6 nitrogen and oxygen atoms in total. The molecule has 1 atom stereocenters. The molecule has 0 fully saturated rings. The summed E-state index contributed by atoms with van der Waals surface area (Å²) in [6.45, 7) is 6.50. The first kappa shape index (κ1) is 65.8. The van der Waals surface area contributed by atoms with Gasteiger partial charge in [-0.25, -0.2) is 0 Å². The molecule has 398 valence electrons. The predicted molar refractivity (Wildman–Crippen MR) is 298 cm³/mol. The van der Waals surface area contributed by atoms with Crippen molar-refractivity contribution in [1.29, 1.82) is 0 Å². The van der Waals surface area contributed by atoms with Crippen LogP contribution < -0.4 is 0 Å². The number of carbonyl (C=O) groups excluding carboxylic acids is 3. The molecule has 0 aromatic carbocycles. The molecule has 0 aromatic heterocycles. The van der Waals surface area contributed by atoms with Crippen LogP contribution in [0, 0.1) is 0 Å². The second kappa shape index (κ2) is 57.4. The van der Waals surface area contributed by atoms with Crippen molar-refractivity contribution in [1.82, 2.24) is 0 Å². The Bertz CT molecular complexity index is 1290. The lowest BCUT2D eigenvalue weighted by Crippen LogP contribution is -2.30. The van der Waals surface area contributed by atoms with Gasteiger partial charge in [-0.1, -0.05) is 261 Å². The highest BCUT2D eigenvalue weighted by Crippen LogP contribution is 2.16. The first-order chi connectivity index (χ1) is 34.0. The number of unbranched alkanes of at least 4 members (excludes halogenated alkanes) is 31. The summed E-state index contributed by atoms with van der Waals surface area (Å²) in [5.41, 5.74) is 0. The van der Waals surface area contributed by atoms with E-state index in [4.69, 9.17) is 14.2 Å². The van der Waals surface area contributed by atoms with Gasteiger partial charge in [-0.15, -0.1) is 0 Å². The molecular weight excluding hydrogens is 853 g/mol. The molecule has 0 saturated heterocycles. The molecule has 0 spiro atoms. The number of allylic oxidation sites excluding steroid dienone is 12. The summed E-state index contributed by atoms with van der Waals surface area (Å²) >= 11 is 0. The van der Waals surface area contributed by atoms with Crippen LogP contribution in [0.15, 0.2) is 72.9 Å². The van der Waals surface area contributed by atoms with Crippen LogP contribution in [-0.4, -0.2) is 37.2 Å². The Morgan fingerprint density at radius 2 is 0.609 bits per heavy atom. The molecule has 69 heavy (non-hydrogen) atoms. The average Bonchev–Trinajstić information content (AvgIpc) is 3.35. The van der Waals surface area contributed by atoms with E-state index in [2.05, 4.69) is 93.7 Å². The summed E-state index contributed by atoms with van der Waals surface area (Å²) in [7, 11) is 0. The van der Waals surface area contributed by atoms with Gasteiger partial charge in [-0.2, -0.15) is 0 Å². The van der Waals surface area contributed by atoms with E-state index >= 15 is 0 Å². The van der Waals surface area contributed by atoms with Gasteiger partial charge in [0.25, 0.3) is 0 Å². The fraction of sp³-hybridized carbons (Fsp3) is 0.762. The maximum atomic E-state index is 12.8. The van der Waals surface area contributed by atoms with Crippen LogP contribution in [0.5, 0.6) is 0 Å². The molecular formula is C63H110O6. The fourth-order valence-corrected chi connectivity index (χ4v) is 8.31. The van der Waals surface area contributed by atoms with Gasteiger partial charge in [0, 0.05) is 19.3 Å². The molecule has 1 unspecified atom stereocenters. The predicted octanol–water partition coefficient (Wildman–Crippen LogP) is 19.8. The van der Waals surface area contributed by atoms with E-state index < -0.39 is 6.10 Å². The fourth-order valence-electron chi connectivity index (χ4n) is 8.31. The second-order valence-corrected chi connectivity index (χ2v) is 19.6. The highest BCUT2D eigenvalue weighted by molar-refractivity contribution is 5.71. The summed E-state index contributed by atoms with van der Waals surface area (Å²) in [6, 6.07) is 0. The van der Waals surface area contributed by atoms with Gasteiger partial charge in [0.2, 0.25) is 0 Å². The van der Waals surface area contributed by atoms with Crippen LogP contribution in [0.1, 0.15) is 290 Å². The van der Waals surface area contributed by atoms with Gasteiger partial charge in [-0.05, 0) is 83.5 Å². The van der Waals surface area contributed by atoms with Crippen molar-refractivity contribution in [3.05, 3.63) is 72.9 Å². The van der Waals surface area contributed by atoms with E-state index in [1.54, 1.807) is 0 Å². The minimum Gasteiger partial charge on any atom is -0.462 e. The lowest BCUT2D eigenvalue weighted by Gasteiger charge is -2.18. The first-order valence-electron chi connectivity index (χ1n) is 29.5. The molecule has 0 aliphatic rings. The minimum atomic E-state index is -0.802. The Morgan fingerprint density at radius 3 is 0.986 bits per heavy atom. The van der Waals surface area contributed by atoms with Gasteiger partial charge >= 0.3 is 17.9 Å². The van der Waals surface area contributed by atoms with Crippen LogP contribution in [0.2, 0.25) is 0 Å². The van der Waals surface area contributed by atoms with Crippen LogP contribution in [0.25, 0.3) is 0 Å². The van der Waals surface area contributed by atoms with Gasteiger partial charge in [0.1, 0.15) is 13.2 Å². The quantitative estimate of drug-likeness (QED) is 0.0199. The van der Waals surface area contributed by atoms with Crippen molar-refractivity contribution < 1.29 is 28.6 Å². The third kappa shape index (κ3) is 55.6. The number of hydrogen-bond donors (Lipinski definition) is 0. The Kier molecular flexibility index (Phi) is 54.8. The Labute approximate surface area is 427 Å². The zero-order chi connectivity index (χ0) is 50.0. The largest absolute Gasteiger partial charge is 0.462 e. The molecule has 0 rings (SSSR count). The molecule has 0 bridgehead atoms. The third-order valence-electron chi connectivity index (χ3n) is 12.7. The standard InChI is InChI=1S/C63H110O6/c1-4-7-10-13-16-19-22-25-28-31-32-33-36-38-41-44-47-50-53-56-62(65)68-59-60(69-63(66)57-54-51-48-45-42-39-35-30-27-24-21-18-15-12-9-6-3)58-67-61(64)55-52-49-46-43-40-37-34-29-26-23-20-17-14-11-8-5-2/h9,12,18,21,27,29-30,34,37,39-40,42,60H,4-8,10-11,13-17,19-20,22-26,28,31-33,35-36,38,41,43-59H2,1-3H3/b12-9-,21-18-,30-27-,34-29-,40-37-,42-39-. The molecule has 0 radical (unpaired) electrons. The number of hydrogen-bond acceptors (Lipinski definition) is 6. The summed E-state index contributed by atoms with van der Waals surface area (Å²) in [4.78, 5) is 38.2. The lowest BCUT2D eigenvalue weighted by atomic mass is 10.0. The van der Waals surface area contributed by atoms with Crippen molar-refractivity contribution >= 4 is 17.9 Å².